The Morgan fingerprint density at radius 2 is 1.67 bits per heavy atom. The van der Waals surface area contributed by atoms with Crippen LogP contribution in [0.3, 0.4) is 0 Å². The Bertz CT molecular complexity index is 1250. The zero-order valence-corrected chi connectivity index (χ0v) is 18.7. The molecule has 6 heteroatoms. The second kappa shape index (κ2) is 9.18. The van der Waals surface area contributed by atoms with Crippen LogP contribution in [0, 0.1) is 13.8 Å². The number of nitrogens with zero attached hydrogens (tertiary/aromatic N) is 4. The molecule has 4 rings (SSSR count). The fourth-order valence-electron chi connectivity index (χ4n) is 3.28. The lowest BCUT2D eigenvalue weighted by molar-refractivity contribution is 0.748. The molecule has 0 aliphatic rings. The van der Waals surface area contributed by atoms with E-state index in [-0.39, 0.29) is 5.56 Å². The molecule has 0 saturated carbocycles. The molecule has 0 saturated heterocycles. The summed E-state index contributed by atoms with van der Waals surface area (Å²) in [6.07, 6.45) is 3.56. The van der Waals surface area contributed by atoms with Crippen molar-refractivity contribution in [3.8, 4) is 22.3 Å². The van der Waals surface area contributed by atoms with Crippen LogP contribution in [0.5, 0.6) is 0 Å². The summed E-state index contributed by atoms with van der Waals surface area (Å²) in [5.74, 6) is 0.635. The van der Waals surface area contributed by atoms with E-state index in [0.717, 1.165) is 22.2 Å². The minimum atomic E-state index is -0.111. The van der Waals surface area contributed by atoms with E-state index in [1.54, 1.807) is 10.8 Å². The number of benzene rings is 1. The Hall–Kier alpha value is -3.05. The van der Waals surface area contributed by atoms with Gasteiger partial charge in [-0.25, -0.2) is 9.97 Å². The molecule has 0 aliphatic heterocycles. The molecule has 0 N–H and O–H groups in total. The lowest BCUT2D eigenvalue weighted by Crippen LogP contribution is -2.22. The highest BCUT2D eigenvalue weighted by atomic mass is 35.5. The summed E-state index contributed by atoms with van der Waals surface area (Å²) in [5, 5.41) is 1.33. The molecule has 0 atom stereocenters. The molecule has 0 amide bonds. The van der Waals surface area contributed by atoms with Crippen LogP contribution in [-0.4, -0.2) is 19.5 Å². The van der Waals surface area contributed by atoms with Crippen molar-refractivity contribution < 1.29 is 0 Å². The van der Waals surface area contributed by atoms with Crippen LogP contribution in [0.1, 0.15) is 32.3 Å². The van der Waals surface area contributed by atoms with Gasteiger partial charge in [-0.3, -0.25) is 14.3 Å². The Kier molecular flexibility index (Phi) is 6.63. The van der Waals surface area contributed by atoms with Gasteiger partial charge in [0.2, 0.25) is 0 Å². The van der Waals surface area contributed by atoms with E-state index in [4.69, 9.17) is 11.6 Å². The third kappa shape index (κ3) is 4.12. The first kappa shape index (κ1) is 21.7. The first-order valence-electron chi connectivity index (χ1n) is 10.1. The summed E-state index contributed by atoms with van der Waals surface area (Å²) >= 11 is 6.59. The van der Waals surface area contributed by atoms with Gasteiger partial charge in [-0.1, -0.05) is 43.6 Å². The van der Waals surface area contributed by atoms with Gasteiger partial charge in [-0.2, -0.15) is 0 Å². The summed E-state index contributed by atoms with van der Waals surface area (Å²) in [6, 6.07) is 11.5. The molecule has 5 nitrogen and oxygen atoms in total. The molecule has 3 aromatic heterocycles. The van der Waals surface area contributed by atoms with Gasteiger partial charge in [0.1, 0.15) is 11.5 Å². The topological polar surface area (TPSA) is 60.7 Å². The standard InChI is InChI=1S/C22H19ClN4O.C2H6/c1-4-27-21-17(12-25-14(3)26-21)9-19(22(27)28)18-8-7-15(10-20(18)23)16-6-5-13(2)24-11-16;1-2/h5-12H,4H2,1-3H3;1-2H3. The fourth-order valence-corrected chi connectivity index (χ4v) is 3.56. The van der Waals surface area contributed by atoms with Crippen LogP contribution >= 0.6 is 11.6 Å². The summed E-state index contributed by atoms with van der Waals surface area (Å²) in [6.45, 7) is 10.2. The molecule has 30 heavy (non-hydrogen) atoms. The molecule has 0 spiro atoms. The van der Waals surface area contributed by atoms with E-state index in [1.807, 2.05) is 77.2 Å². The van der Waals surface area contributed by atoms with Crippen molar-refractivity contribution in [2.24, 2.45) is 0 Å². The fraction of sp³-hybridized carbons (Fsp3) is 0.250. The van der Waals surface area contributed by atoms with Gasteiger partial charge in [-0.15, -0.1) is 0 Å². The molecule has 0 unspecified atom stereocenters. The van der Waals surface area contributed by atoms with E-state index in [9.17, 15) is 4.79 Å². The molecule has 1 aromatic carbocycles. The summed E-state index contributed by atoms with van der Waals surface area (Å²) < 4.78 is 1.66. The largest absolute Gasteiger partial charge is 0.292 e. The minimum absolute atomic E-state index is 0.111. The number of pyridine rings is 2. The van der Waals surface area contributed by atoms with Gasteiger partial charge in [0, 0.05) is 51.7 Å². The summed E-state index contributed by atoms with van der Waals surface area (Å²) in [7, 11) is 0. The predicted octanol–water partition coefficient (Wildman–Crippen LogP) is 5.84. The van der Waals surface area contributed by atoms with Crippen molar-refractivity contribution in [3.63, 3.8) is 0 Å². The molecular formula is C24H25ClN4O. The maximum absolute atomic E-state index is 13.1. The van der Waals surface area contributed by atoms with Crippen LogP contribution in [0.2, 0.25) is 5.02 Å². The van der Waals surface area contributed by atoms with Crippen LogP contribution in [0.25, 0.3) is 33.3 Å². The first-order chi connectivity index (χ1) is 14.5. The smallest absolute Gasteiger partial charge is 0.260 e. The molecule has 0 aliphatic carbocycles. The Balaban J connectivity index is 0.00000124. The van der Waals surface area contributed by atoms with Gasteiger partial charge in [0.15, 0.2) is 0 Å². The second-order valence-corrected chi connectivity index (χ2v) is 7.09. The Labute approximate surface area is 181 Å². The summed E-state index contributed by atoms with van der Waals surface area (Å²) in [4.78, 5) is 26.1. The molecule has 3 heterocycles. The highest BCUT2D eigenvalue weighted by Crippen LogP contribution is 2.31. The van der Waals surface area contributed by atoms with Crippen LogP contribution in [-0.2, 0) is 6.54 Å². The van der Waals surface area contributed by atoms with Crippen molar-refractivity contribution in [3.05, 3.63) is 75.7 Å². The highest BCUT2D eigenvalue weighted by Gasteiger charge is 2.15. The van der Waals surface area contributed by atoms with E-state index < -0.39 is 0 Å². The predicted molar refractivity (Wildman–Crippen MR) is 124 cm³/mol. The van der Waals surface area contributed by atoms with Crippen LogP contribution < -0.4 is 5.56 Å². The molecule has 0 fully saturated rings. The first-order valence-corrected chi connectivity index (χ1v) is 10.5. The lowest BCUT2D eigenvalue weighted by atomic mass is 10.0. The third-order valence-electron chi connectivity index (χ3n) is 4.77. The molecule has 154 valence electrons. The Morgan fingerprint density at radius 3 is 2.30 bits per heavy atom. The number of rotatable bonds is 3. The lowest BCUT2D eigenvalue weighted by Gasteiger charge is -2.12. The number of aryl methyl sites for hydroxylation is 3. The SMILES string of the molecule is CC.CCn1c(=O)c(-c2ccc(-c3ccc(C)nc3)cc2Cl)cc2cnc(C)nc21. The van der Waals surface area contributed by atoms with E-state index in [0.29, 0.717) is 34.2 Å². The van der Waals surface area contributed by atoms with Crippen molar-refractivity contribution >= 4 is 22.6 Å². The van der Waals surface area contributed by atoms with Gasteiger partial charge < -0.3 is 0 Å². The average molecular weight is 421 g/mol. The number of aromatic nitrogens is 4. The van der Waals surface area contributed by atoms with Crippen molar-refractivity contribution in [2.75, 3.05) is 0 Å². The Morgan fingerprint density at radius 1 is 0.933 bits per heavy atom. The van der Waals surface area contributed by atoms with Gasteiger partial charge in [0.05, 0.1) is 0 Å². The zero-order valence-electron chi connectivity index (χ0n) is 17.9. The normalized spacial score (nSPS) is 10.6. The quantitative estimate of drug-likeness (QED) is 0.418. The van der Waals surface area contributed by atoms with E-state index >= 15 is 0 Å². The third-order valence-corrected chi connectivity index (χ3v) is 5.08. The van der Waals surface area contributed by atoms with E-state index in [2.05, 4.69) is 15.0 Å². The van der Waals surface area contributed by atoms with Crippen molar-refractivity contribution in [1.82, 2.24) is 19.5 Å². The molecule has 4 aromatic rings. The van der Waals surface area contributed by atoms with Gasteiger partial charge in [-0.05, 0) is 44.5 Å². The second-order valence-electron chi connectivity index (χ2n) is 6.69. The van der Waals surface area contributed by atoms with Crippen molar-refractivity contribution in [2.45, 2.75) is 41.2 Å². The van der Waals surface area contributed by atoms with Crippen LogP contribution in [0.4, 0.5) is 0 Å². The molecular weight excluding hydrogens is 396 g/mol. The van der Waals surface area contributed by atoms with Gasteiger partial charge >= 0.3 is 0 Å². The number of fused-ring (bicyclic) bond motifs is 1. The number of hydrogen-bond acceptors (Lipinski definition) is 4. The summed E-state index contributed by atoms with van der Waals surface area (Å²) in [5.41, 5.74) is 4.66. The number of hydrogen-bond donors (Lipinski definition) is 0. The molecule has 0 radical (unpaired) electrons. The maximum Gasteiger partial charge on any atom is 0.260 e. The van der Waals surface area contributed by atoms with Crippen molar-refractivity contribution in [1.29, 1.82) is 0 Å². The highest BCUT2D eigenvalue weighted by molar-refractivity contribution is 6.33. The zero-order chi connectivity index (χ0) is 21.8. The monoisotopic (exact) mass is 420 g/mol. The van der Waals surface area contributed by atoms with Crippen LogP contribution in [0.15, 0.2) is 53.6 Å². The molecule has 0 bridgehead atoms. The average Bonchev–Trinajstić information content (AvgIpc) is 2.76. The number of halogens is 1. The minimum Gasteiger partial charge on any atom is -0.292 e. The van der Waals surface area contributed by atoms with E-state index in [1.165, 1.54) is 0 Å². The maximum atomic E-state index is 13.1. The van der Waals surface area contributed by atoms with Gasteiger partial charge in [0.25, 0.3) is 5.56 Å².